The van der Waals surface area contributed by atoms with Crippen LogP contribution in [0.15, 0.2) is 64.8 Å². The standard InChI is InChI=1S/C17H14N4O2S/c1-12-6-5-9-21(11-12)15-14(24-17(23)19-15)10-18-20-16(22)13-7-3-2-4-8-13/h2-11H,1H3,(H-,18,19,20,22,23)/p+1. The van der Waals surface area contributed by atoms with Gasteiger partial charge in [0, 0.05) is 5.56 Å². The van der Waals surface area contributed by atoms with Crippen LogP contribution in [0.2, 0.25) is 0 Å². The Kier molecular flexibility index (Phi) is 4.62. The van der Waals surface area contributed by atoms with Gasteiger partial charge in [-0.1, -0.05) is 24.3 Å². The van der Waals surface area contributed by atoms with Crippen molar-refractivity contribution >= 4 is 23.5 Å². The van der Waals surface area contributed by atoms with E-state index in [1.54, 1.807) is 24.3 Å². The third-order valence-corrected chi connectivity index (χ3v) is 4.05. The molecule has 0 aliphatic heterocycles. The highest BCUT2D eigenvalue weighted by molar-refractivity contribution is 7.11. The average molecular weight is 339 g/mol. The first-order valence-corrected chi connectivity index (χ1v) is 8.05. The summed E-state index contributed by atoms with van der Waals surface area (Å²) in [5.41, 5.74) is 4.04. The minimum absolute atomic E-state index is 0.185. The molecule has 0 aliphatic rings. The molecule has 0 bridgehead atoms. The van der Waals surface area contributed by atoms with Crippen molar-refractivity contribution in [2.24, 2.45) is 5.10 Å². The van der Waals surface area contributed by atoms with Gasteiger partial charge < -0.3 is 0 Å². The maximum absolute atomic E-state index is 11.9. The Hall–Kier alpha value is -3.06. The van der Waals surface area contributed by atoms with E-state index in [0.29, 0.717) is 16.3 Å². The Bertz CT molecular complexity index is 944. The zero-order valence-corrected chi connectivity index (χ0v) is 13.7. The van der Waals surface area contributed by atoms with Crippen molar-refractivity contribution in [1.29, 1.82) is 0 Å². The van der Waals surface area contributed by atoms with Crippen LogP contribution in [0.4, 0.5) is 0 Å². The van der Waals surface area contributed by atoms with Crippen molar-refractivity contribution in [3.05, 3.63) is 80.5 Å². The van der Waals surface area contributed by atoms with Gasteiger partial charge in [-0.3, -0.25) is 4.79 Å². The molecule has 0 atom stereocenters. The van der Waals surface area contributed by atoms with E-state index in [4.69, 9.17) is 0 Å². The Balaban J connectivity index is 1.81. The van der Waals surface area contributed by atoms with Crippen LogP contribution in [0, 0.1) is 6.92 Å². The summed E-state index contributed by atoms with van der Waals surface area (Å²) < 4.78 is 1.81. The first kappa shape index (κ1) is 15.8. The second kappa shape index (κ2) is 7.01. The zero-order valence-electron chi connectivity index (χ0n) is 12.9. The number of thiazole rings is 1. The molecule has 0 aliphatic carbocycles. The number of H-pyrrole nitrogens is 1. The fourth-order valence-corrected chi connectivity index (χ4v) is 2.85. The van der Waals surface area contributed by atoms with Crippen LogP contribution in [0.3, 0.4) is 0 Å². The van der Waals surface area contributed by atoms with E-state index >= 15 is 0 Å². The number of pyridine rings is 1. The lowest BCUT2D eigenvalue weighted by atomic mass is 10.2. The zero-order chi connectivity index (χ0) is 16.9. The van der Waals surface area contributed by atoms with Gasteiger partial charge in [0.1, 0.15) is 4.88 Å². The van der Waals surface area contributed by atoms with Crippen molar-refractivity contribution in [2.45, 2.75) is 6.92 Å². The fraction of sp³-hybridized carbons (Fsp3) is 0.0588. The van der Waals surface area contributed by atoms with Gasteiger partial charge in [0.25, 0.3) is 5.91 Å². The second-order valence-corrected chi connectivity index (χ2v) is 6.10. The van der Waals surface area contributed by atoms with Crippen LogP contribution in [-0.4, -0.2) is 17.1 Å². The number of aromatic amines is 1. The van der Waals surface area contributed by atoms with Crippen LogP contribution in [0.5, 0.6) is 0 Å². The molecule has 0 saturated heterocycles. The summed E-state index contributed by atoms with van der Waals surface area (Å²) in [6.07, 6.45) is 5.21. The van der Waals surface area contributed by atoms with Gasteiger partial charge in [-0.25, -0.2) is 14.8 Å². The summed E-state index contributed by atoms with van der Waals surface area (Å²) in [4.78, 5) is 26.9. The van der Waals surface area contributed by atoms with Crippen molar-refractivity contribution in [2.75, 3.05) is 0 Å². The molecule has 3 rings (SSSR count). The van der Waals surface area contributed by atoms with Crippen LogP contribution in [0.25, 0.3) is 5.82 Å². The number of benzene rings is 1. The first-order valence-electron chi connectivity index (χ1n) is 7.23. The van der Waals surface area contributed by atoms with E-state index in [-0.39, 0.29) is 10.8 Å². The van der Waals surface area contributed by atoms with E-state index in [1.807, 2.05) is 42.1 Å². The summed E-state index contributed by atoms with van der Waals surface area (Å²) >= 11 is 1.03. The number of amides is 1. The van der Waals surface area contributed by atoms with Gasteiger partial charge in [0.05, 0.1) is 18.6 Å². The number of hydrazone groups is 1. The summed E-state index contributed by atoms with van der Waals surface area (Å²) in [7, 11) is 0. The Morgan fingerprint density at radius 3 is 2.79 bits per heavy atom. The molecule has 1 aromatic carbocycles. The van der Waals surface area contributed by atoms with Crippen molar-refractivity contribution in [3.8, 4) is 5.82 Å². The van der Waals surface area contributed by atoms with Crippen LogP contribution >= 0.6 is 11.3 Å². The minimum Gasteiger partial charge on any atom is -0.267 e. The number of rotatable bonds is 4. The smallest absolute Gasteiger partial charge is 0.267 e. The van der Waals surface area contributed by atoms with E-state index < -0.39 is 0 Å². The molecular weight excluding hydrogens is 324 g/mol. The highest BCUT2D eigenvalue weighted by Crippen LogP contribution is 2.06. The van der Waals surface area contributed by atoms with Crippen molar-refractivity contribution in [1.82, 2.24) is 10.4 Å². The maximum Gasteiger partial charge on any atom is 0.390 e. The average Bonchev–Trinajstić information content (AvgIpc) is 2.96. The van der Waals surface area contributed by atoms with Gasteiger partial charge in [0.15, 0.2) is 0 Å². The highest BCUT2D eigenvalue weighted by Gasteiger charge is 2.16. The van der Waals surface area contributed by atoms with Crippen LogP contribution < -0.4 is 14.9 Å². The summed E-state index contributed by atoms with van der Waals surface area (Å²) in [6, 6.07) is 12.7. The van der Waals surface area contributed by atoms with Gasteiger partial charge in [-0.15, -0.1) is 0 Å². The van der Waals surface area contributed by atoms with Gasteiger partial charge in [-0.2, -0.15) is 10.1 Å². The van der Waals surface area contributed by atoms with Crippen molar-refractivity contribution in [3.63, 3.8) is 0 Å². The molecule has 24 heavy (non-hydrogen) atoms. The quantitative estimate of drug-likeness (QED) is 0.432. The molecule has 1 amide bonds. The second-order valence-electron chi connectivity index (χ2n) is 5.08. The maximum atomic E-state index is 11.9. The molecule has 3 aromatic rings. The van der Waals surface area contributed by atoms with Gasteiger partial charge in [-0.05, 0) is 42.0 Å². The number of aryl methyl sites for hydroxylation is 1. The monoisotopic (exact) mass is 339 g/mol. The lowest BCUT2D eigenvalue weighted by molar-refractivity contribution is -0.599. The van der Waals surface area contributed by atoms with Gasteiger partial charge >= 0.3 is 10.7 Å². The molecule has 0 saturated carbocycles. The fourth-order valence-electron chi connectivity index (χ4n) is 2.15. The van der Waals surface area contributed by atoms with E-state index in [9.17, 15) is 9.59 Å². The third-order valence-electron chi connectivity index (χ3n) is 3.25. The molecule has 7 heteroatoms. The Morgan fingerprint density at radius 2 is 2.04 bits per heavy atom. The number of hydrogen-bond donors (Lipinski definition) is 2. The minimum atomic E-state index is -0.306. The number of hydrogen-bond acceptors (Lipinski definition) is 4. The predicted molar refractivity (Wildman–Crippen MR) is 92.7 cm³/mol. The number of carbonyl (C=O) groups is 1. The number of aromatic nitrogens is 2. The molecule has 2 N–H and O–H groups in total. The number of carbonyl (C=O) groups excluding carboxylic acids is 1. The van der Waals surface area contributed by atoms with E-state index in [1.165, 1.54) is 6.21 Å². The number of nitrogens with one attached hydrogen (secondary N) is 2. The molecule has 2 heterocycles. The summed E-state index contributed by atoms with van der Waals surface area (Å²) in [5.74, 6) is 0.311. The lowest BCUT2D eigenvalue weighted by Crippen LogP contribution is -2.32. The largest absolute Gasteiger partial charge is 0.390 e. The molecule has 0 spiro atoms. The van der Waals surface area contributed by atoms with Crippen LogP contribution in [-0.2, 0) is 0 Å². The molecule has 0 fully saturated rings. The van der Waals surface area contributed by atoms with Crippen LogP contribution in [0.1, 0.15) is 20.8 Å². The van der Waals surface area contributed by atoms with E-state index in [0.717, 1.165) is 16.9 Å². The predicted octanol–water partition coefficient (Wildman–Crippen LogP) is 1.79. The molecule has 0 radical (unpaired) electrons. The first-order chi connectivity index (χ1) is 11.6. The molecule has 6 nitrogen and oxygen atoms in total. The lowest BCUT2D eigenvalue weighted by Gasteiger charge is -1.99. The normalized spacial score (nSPS) is 10.9. The van der Waals surface area contributed by atoms with Crippen molar-refractivity contribution < 1.29 is 9.36 Å². The Labute approximate surface area is 142 Å². The SMILES string of the molecule is Cc1ccc[n+](-c2[nH]c(=O)sc2C=NNC(=O)c2ccccc2)c1. The molecular formula is C17H15N4O2S+. The molecule has 0 unspecified atom stereocenters. The van der Waals surface area contributed by atoms with E-state index in [2.05, 4.69) is 15.5 Å². The van der Waals surface area contributed by atoms with Gasteiger partial charge in [0.2, 0.25) is 0 Å². The number of nitrogens with zero attached hydrogens (tertiary/aromatic N) is 2. The Morgan fingerprint density at radius 1 is 1.25 bits per heavy atom. The highest BCUT2D eigenvalue weighted by atomic mass is 32.1. The summed E-state index contributed by atoms with van der Waals surface area (Å²) in [6.45, 7) is 1.97. The summed E-state index contributed by atoms with van der Waals surface area (Å²) in [5, 5.41) is 3.95. The topological polar surface area (TPSA) is 78.2 Å². The molecule has 2 aromatic heterocycles. The third kappa shape index (κ3) is 3.64. The molecule has 120 valence electrons.